The minimum Gasteiger partial charge on any atom is -0.480 e. The molecule has 0 saturated heterocycles. The highest BCUT2D eigenvalue weighted by Crippen LogP contribution is 2.32. The van der Waals surface area contributed by atoms with E-state index >= 15 is 0 Å². The van der Waals surface area contributed by atoms with Gasteiger partial charge in [0.05, 0.1) is 9.82 Å². The molecule has 21 heavy (non-hydrogen) atoms. The van der Waals surface area contributed by atoms with Crippen LogP contribution in [0.1, 0.15) is 6.92 Å². The maximum atomic E-state index is 13.4. The van der Waals surface area contributed by atoms with Gasteiger partial charge in [0.25, 0.3) is 0 Å². The van der Waals surface area contributed by atoms with E-state index in [2.05, 4.69) is 5.32 Å². The fourth-order valence-corrected chi connectivity index (χ4v) is 2.50. The number of nitrogens with zero attached hydrogens (tertiary/aromatic N) is 1. The van der Waals surface area contributed by atoms with Crippen LogP contribution in [0.25, 0.3) is 0 Å². The summed E-state index contributed by atoms with van der Waals surface area (Å²) in [6.07, 6.45) is 0. The molecule has 10 heteroatoms. The number of amides is 1. The van der Waals surface area contributed by atoms with Crippen LogP contribution < -0.4 is 5.32 Å². The van der Waals surface area contributed by atoms with E-state index in [1.54, 1.807) is 0 Å². The van der Waals surface area contributed by atoms with Gasteiger partial charge in [-0.15, -0.1) is 11.8 Å². The Hall–Kier alpha value is -2.23. The van der Waals surface area contributed by atoms with Crippen LogP contribution in [0.2, 0.25) is 0 Å². The molecule has 0 saturated carbocycles. The van der Waals surface area contributed by atoms with E-state index in [9.17, 15) is 28.5 Å². The van der Waals surface area contributed by atoms with Crippen LogP contribution in [0.4, 0.5) is 14.5 Å². The first-order chi connectivity index (χ1) is 9.72. The number of rotatable bonds is 6. The lowest BCUT2D eigenvalue weighted by Crippen LogP contribution is -2.41. The van der Waals surface area contributed by atoms with Crippen molar-refractivity contribution >= 4 is 29.3 Å². The predicted molar refractivity (Wildman–Crippen MR) is 69.0 cm³/mol. The van der Waals surface area contributed by atoms with Crippen molar-refractivity contribution in [1.29, 1.82) is 0 Å². The van der Waals surface area contributed by atoms with Crippen LogP contribution in [-0.2, 0) is 9.59 Å². The van der Waals surface area contributed by atoms with E-state index in [-0.39, 0.29) is 10.6 Å². The molecule has 7 nitrogen and oxygen atoms in total. The molecule has 0 spiro atoms. The number of carboxylic acid groups (broad SMARTS) is 1. The molecule has 0 unspecified atom stereocenters. The molecule has 114 valence electrons. The number of hydrogen-bond donors (Lipinski definition) is 2. The third-order valence-electron chi connectivity index (χ3n) is 2.26. The van der Waals surface area contributed by atoms with E-state index in [1.165, 1.54) is 0 Å². The SMILES string of the molecule is CC(=O)N[C@@H](CSc1cc(F)cc(F)c1[N+](=O)[O-])C(=O)O. The second-order valence-electron chi connectivity index (χ2n) is 3.89. The molecule has 1 aromatic carbocycles. The summed E-state index contributed by atoms with van der Waals surface area (Å²) in [4.78, 5) is 31.1. The summed E-state index contributed by atoms with van der Waals surface area (Å²) in [6, 6.07) is -0.234. The summed E-state index contributed by atoms with van der Waals surface area (Å²) in [5.74, 6) is -4.67. The van der Waals surface area contributed by atoms with Crippen molar-refractivity contribution in [3.8, 4) is 0 Å². The average molecular weight is 320 g/mol. The topological polar surface area (TPSA) is 110 Å². The van der Waals surface area contributed by atoms with Gasteiger partial charge >= 0.3 is 11.7 Å². The molecular formula is C11H10F2N2O5S. The number of halogens is 2. The normalized spacial score (nSPS) is 11.8. The average Bonchev–Trinajstić information content (AvgIpc) is 2.32. The number of nitro benzene ring substituents is 1. The van der Waals surface area contributed by atoms with Crippen LogP contribution in [0.5, 0.6) is 0 Å². The Balaban J connectivity index is 2.99. The molecule has 2 N–H and O–H groups in total. The van der Waals surface area contributed by atoms with E-state index < -0.39 is 40.2 Å². The number of carbonyl (C=O) groups excluding carboxylic acids is 1. The van der Waals surface area contributed by atoms with Crippen LogP contribution in [0, 0.1) is 21.7 Å². The zero-order chi connectivity index (χ0) is 16.2. The number of nitro groups is 1. The lowest BCUT2D eigenvalue weighted by molar-refractivity contribution is -0.390. The van der Waals surface area contributed by atoms with Crippen LogP contribution in [-0.4, -0.2) is 33.7 Å². The van der Waals surface area contributed by atoms with Gasteiger partial charge < -0.3 is 10.4 Å². The monoisotopic (exact) mass is 320 g/mol. The second kappa shape index (κ2) is 6.97. The van der Waals surface area contributed by atoms with Crippen molar-refractivity contribution in [2.24, 2.45) is 0 Å². The first-order valence-electron chi connectivity index (χ1n) is 5.48. The molecule has 0 bridgehead atoms. The Morgan fingerprint density at radius 2 is 2.10 bits per heavy atom. The molecule has 1 amide bonds. The van der Waals surface area contributed by atoms with Gasteiger partial charge in [-0.2, -0.15) is 4.39 Å². The van der Waals surface area contributed by atoms with E-state index in [4.69, 9.17) is 5.11 Å². The van der Waals surface area contributed by atoms with Gasteiger partial charge in [-0.1, -0.05) is 0 Å². The first-order valence-corrected chi connectivity index (χ1v) is 6.47. The Labute approximate surface area is 121 Å². The standard InChI is InChI=1S/C11H10F2N2O5S/c1-5(16)14-8(11(17)18)4-21-9-3-6(12)2-7(13)10(9)15(19)20/h2-3,8H,4H2,1H3,(H,14,16)(H,17,18)/t8-/m0/s1. The zero-order valence-corrected chi connectivity index (χ0v) is 11.4. The van der Waals surface area contributed by atoms with E-state index in [0.717, 1.165) is 13.0 Å². The Morgan fingerprint density at radius 3 is 2.57 bits per heavy atom. The molecule has 0 aliphatic carbocycles. The van der Waals surface area contributed by atoms with Crippen LogP contribution >= 0.6 is 11.8 Å². The number of hydrogen-bond acceptors (Lipinski definition) is 5. The molecule has 0 fully saturated rings. The Morgan fingerprint density at radius 1 is 1.48 bits per heavy atom. The highest BCUT2D eigenvalue weighted by atomic mass is 32.2. The van der Waals surface area contributed by atoms with Crippen molar-refractivity contribution in [3.63, 3.8) is 0 Å². The van der Waals surface area contributed by atoms with Crippen molar-refractivity contribution in [2.45, 2.75) is 17.9 Å². The highest BCUT2D eigenvalue weighted by molar-refractivity contribution is 7.99. The van der Waals surface area contributed by atoms with E-state index in [0.29, 0.717) is 17.8 Å². The summed E-state index contributed by atoms with van der Waals surface area (Å²) in [5.41, 5.74) is -0.937. The molecular weight excluding hydrogens is 310 g/mol. The first kappa shape index (κ1) is 16.8. The van der Waals surface area contributed by atoms with Gasteiger partial charge in [-0.05, 0) is 6.07 Å². The molecule has 0 heterocycles. The number of carbonyl (C=O) groups is 2. The summed E-state index contributed by atoms with van der Waals surface area (Å²) < 4.78 is 26.5. The summed E-state index contributed by atoms with van der Waals surface area (Å²) in [7, 11) is 0. The third-order valence-corrected chi connectivity index (χ3v) is 3.38. The largest absolute Gasteiger partial charge is 0.480 e. The number of aliphatic carboxylic acids is 1. The van der Waals surface area contributed by atoms with Gasteiger partial charge in [0, 0.05) is 18.7 Å². The lowest BCUT2D eigenvalue weighted by atomic mass is 10.3. The second-order valence-corrected chi connectivity index (χ2v) is 4.96. The lowest BCUT2D eigenvalue weighted by Gasteiger charge is -2.12. The molecule has 1 atom stereocenters. The molecule has 0 aliphatic heterocycles. The van der Waals surface area contributed by atoms with Crippen molar-refractivity contribution in [2.75, 3.05) is 5.75 Å². The Bertz CT molecular complexity index is 596. The van der Waals surface area contributed by atoms with E-state index in [1.807, 2.05) is 0 Å². The maximum absolute atomic E-state index is 13.4. The molecule has 0 aromatic heterocycles. The number of thioether (sulfide) groups is 1. The number of benzene rings is 1. The van der Waals surface area contributed by atoms with Gasteiger partial charge in [-0.25, -0.2) is 9.18 Å². The van der Waals surface area contributed by atoms with Gasteiger partial charge in [0.15, 0.2) is 0 Å². The van der Waals surface area contributed by atoms with Gasteiger partial charge in [0.2, 0.25) is 11.7 Å². The zero-order valence-electron chi connectivity index (χ0n) is 10.6. The van der Waals surface area contributed by atoms with Crippen molar-refractivity contribution < 1.29 is 28.4 Å². The fourth-order valence-electron chi connectivity index (χ4n) is 1.42. The smallest absolute Gasteiger partial charge is 0.327 e. The Kier molecular flexibility index (Phi) is 5.59. The maximum Gasteiger partial charge on any atom is 0.327 e. The van der Waals surface area contributed by atoms with Gasteiger partial charge in [-0.3, -0.25) is 14.9 Å². The number of nitrogens with one attached hydrogen (secondary N) is 1. The molecule has 1 aromatic rings. The quantitative estimate of drug-likeness (QED) is 0.467. The minimum atomic E-state index is -1.36. The van der Waals surface area contributed by atoms with Crippen molar-refractivity contribution in [3.05, 3.63) is 33.9 Å². The fraction of sp³-hybridized carbons (Fsp3) is 0.273. The summed E-state index contributed by atoms with van der Waals surface area (Å²) in [6.45, 7) is 1.10. The molecule has 0 radical (unpaired) electrons. The molecule has 0 aliphatic rings. The number of carboxylic acids is 1. The van der Waals surface area contributed by atoms with Crippen LogP contribution in [0.15, 0.2) is 17.0 Å². The summed E-state index contributed by atoms with van der Waals surface area (Å²) in [5, 5.41) is 21.7. The highest BCUT2D eigenvalue weighted by Gasteiger charge is 2.25. The van der Waals surface area contributed by atoms with Crippen LogP contribution in [0.3, 0.4) is 0 Å². The molecule has 1 rings (SSSR count). The van der Waals surface area contributed by atoms with Crippen molar-refractivity contribution in [1.82, 2.24) is 5.32 Å². The summed E-state index contributed by atoms with van der Waals surface area (Å²) >= 11 is 0.565. The predicted octanol–water partition coefficient (Wildman–Crippen LogP) is 1.55. The van der Waals surface area contributed by atoms with Gasteiger partial charge in [0.1, 0.15) is 11.9 Å². The minimum absolute atomic E-state index is 0.321. The third kappa shape index (κ3) is 4.67.